The van der Waals surface area contributed by atoms with Crippen molar-refractivity contribution in [3.63, 3.8) is 0 Å². The predicted molar refractivity (Wildman–Crippen MR) is 56.4 cm³/mol. The van der Waals surface area contributed by atoms with Gasteiger partial charge in [0, 0.05) is 17.8 Å². The second-order valence-electron chi connectivity index (χ2n) is 2.99. The van der Waals surface area contributed by atoms with E-state index in [4.69, 9.17) is 11.1 Å². The molecule has 0 aromatic heterocycles. The van der Waals surface area contributed by atoms with E-state index >= 15 is 0 Å². The van der Waals surface area contributed by atoms with E-state index in [0.717, 1.165) is 17.8 Å². The number of nitrogens with one attached hydrogen (secondary N) is 2. The molecule has 0 bridgehead atoms. The van der Waals surface area contributed by atoms with Gasteiger partial charge < -0.3 is 11.1 Å². The summed E-state index contributed by atoms with van der Waals surface area (Å²) in [6.07, 6.45) is 0. The molecule has 0 aliphatic carbocycles. The summed E-state index contributed by atoms with van der Waals surface area (Å²) < 4.78 is 0. The quantitative estimate of drug-likeness (QED) is 0.486. The van der Waals surface area contributed by atoms with Crippen LogP contribution in [0.15, 0.2) is 18.2 Å². The number of nitrogens with two attached hydrogens (primary N) is 1. The van der Waals surface area contributed by atoms with Crippen LogP contribution in [0.5, 0.6) is 0 Å². The topological polar surface area (TPSA) is 61.9 Å². The fourth-order valence-corrected chi connectivity index (χ4v) is 1.23. The summed E-state index contributed by atoms with van der Waals surface area (Å²) in [6, 6.07) is 5.83. The van der Waals surface area contributed by atoms with Crippen LogP contribution in [0.25, 0.3) is 0 Å². The summed E-state index contributed by atoms with van der Waals surface area (Å²) in [7, 11) is 0. The second-order valence-corrected chi connectivity index (χ2v) is 2.99. The molecule has 0 saturated carbocycles. The first-order chi connectivity index (χ1) is 6.15. The van der Waals surface area contributed by atoms with E-state index in [-0.39, 0.29) is 5.84 Å². The molecule has 1 aromatic rings. The zero-order valence-electron chi connectivity index (χ0n) is 8.02. The highest BCUT2D eigenvalue weighted by Gasteiger charge is 2.03. The van der Waals surface area contributed by atoms with Crippen molar-refractivity contribution in [2.24, 2.45) is 5.73 Å². The molecule has 3 heteroatoms. The van der Waals surface area contributed by atoms with Crippen LogP contribution >= 0.6 is 0 Å². The average Bonchev–Trinajstić information content (AvgIpc) is 2.04. The first kappa shape index (κ1) is 9.58. The highest BCUT2D eigenvalue weighted by atomic mass is 14.9. The van der Waals surface area contributed by atoms with E-state index in [2.05, 4.69) is 5.32 Å². The largest absolute Gasteiger partial charge is 0.385 e. The Hall–Kier alpha value is -1.51. The van der Waals surface area contributed by atoms with Crippen LogP contribution in [0, 0.1) is 12.3 Å². The van der Waals surface area contributed by atoms with Crippen molar-refractivity contribution in [3.05, 3.63) is 29.3 Å². The van der Waals surface area contributed by atoms with Gasteiger partial charge in [0.2, 0.25) is 0 Å². The van der Waals surface area contributed by atoms with Crippen molar-refractivity contribution < 1.29 is 0 Å². The maximum atomic E-state index is 7.36. The van der Waals surface area contributed by atoms with Gasteiger partial charge in [-0.05, 0) is 31.5 Å². The van der Waals surface area contributed by atoms with E-state index in [0.29, 0.717) is 0 Å². The van der Waals surface area contributed by atoms with E-state index in [9.17, 15) is 0 Å². The third-order valence-electron chi connectivity index (χ3n) is 1.83. The summed E-state index contributed by atoms with van der Waals surface area (Å²) >= 11 is 0. The Labute approximate surface area is 78.5 Å². The van der Waals surface area contributed by atoms with E-state index < -0.39 is 0 Å². The minimum atomic E-state index is 0.107. The van der Waals surface area contributed by atoms with Crippen LogP contribution in [0.2, 0.25) is 0 Å². The van der Waals surface area contributed by atoms with Gasteiger partial charge in [-0.25, -0.2) is 0 Å². The van der Waals surface area contributed by atoms with Gasteiger partial charge in [-0.3, -0.25) is 5.41 Å². The molecule has 1 aromatic carbocycles. The standard InChI is InChI=1S/C10H15N3/c1-3-13-9-6-7(2)4-5-8(9)10(11)12/h4-6,13H,3H2,1-2H3,(H3,11,12). The lowest BCUT2D eigenvalue weighted by Gasteiger charge is -2.09. The monoisotopic (exact) mass is 177 g/mol. The molecule has 0 fully saturated rings. The molecule has 0 saturated heterocycles. The van der Waals surface area contributed by atoms with Gasteiger partial charge in [-0.15, -0.1) is 0 Å². The van der Waals surface area contributed by atoms with Crippen molar-refractivity contribution in [2.75, 3.05) is 11.9 Å². The van der Waals surface area contributed by atoms with Crippen LogP contribution in [0.1, 0.15) is 18.1 Å². The maximum Gasteiger partial charge on any atom is 0.124 e. The maximum absolute atomic E-state index is 7.36. The first-order valence-electron chi connectivity index (χ1n) is 4.34. The second kappa shape index (κ2) is 3.94. The van der Waals surface area contributed by atoms with Gasteiger partial charge in [0.05, 0.1) is 0 Å². The Bertz CT molecular complexity index is 318. The summed E-state index contributed by atoms with van der Waals surface area (Å²) in [6.45, 7) is 4.88. The zero-order valence-corrected chi connectivity index (χ0v) is 8.02. The van der Waals surface area contributed by atoms with E-state index in [1.165, 1.54) is 5.56 Å². The Kier molecular flexibility index (Phi) is 2.90. The Morgan fingerprint density at radius 1 is 1.54 bits per heavy atom. The molecule has 13 heavy (non-hydrogen) atoms. The van der Waals surface area contributed by atoms with Crippen molar-refractivity contribution in [3.8, 4) is 0 Å². The van der Waals surface area contributed by atoms with Gasteiger partial charge in [0.1, 0.15) is 5.84 Å². The number of amidine groups is 1. The molecule has 0 aliphatic rings. The van der Waals surface area contributed by atoms with Crippen LogP contribution in [-0.2, 0) is 0 Å². The number of hydrogen-bond donors (Lipinski definition) is 3. The van der Waals surface area contributed by atoms with Crippen molar-refractivity contribution in [1.29, 1.82) is 5.41 Å². The number of aryl methyl sites for hydroxylation is 1. The van der Waals surface area contributed by atoms with Crippen LogP contribution in [0.3, 0.4) is 0 Å². The molecule has 0 radical (unpaired) electrons. The molecule has 0 spiro atoms. The van der Waals surface area contributed by atoms with Crippen molar-refractivity contribution in [1.82, 2.24) is 0 Å². The van der Waals surface area contributed by atoms with Gasteiger partial charge >= 0.3 is 0 Å². The summed E-state index contributed by atoms with van der Waals surface area (Å²) in [5, 5.41) is 10.5. The minimum absolute atomic E-state index is 0.107. The third kappa shape index (κ3) is 2.21. The molecular formula is C10H15N3. The Morgan fingerprint density at radius 3 is 2.77 bits per heavy atom. The van der Waals surface area contributed by atoms with Crippen molar-refractivity contribution >= 4 is 11.5 Å². The fraction of sp³-hybridized carbons (Fsp3) is 0.300. The molecule has 0 amide bonds. The molecular weight excluding hydrogens is 162 g/mol. The van der Waals surface area contributed by atoms with E-state index in [1.54, 1.807) is 0 Å². The molecule has 0 unspecified atom stereocenters. The molecule has 3 nitrogen and oxygen atoms in total. The highest BCUT2D eigenvalue weighted by Crippen LogP contribution is 2.16. The SMILES string of the molecule is CCNc1cc(C)ccc1C(=N)N. The molecule has 1 rings (SSSR count). The first-order valence-corrected chi connectivity index (χ1v) is 4.34. The Morgan fingerprint density at radius 2 is 2.23 bits per heavy atom. The number of hydrogen-bond acceptors (Lipinski definition) is 2. The molecule has 0 aliphatic heterocycles. The minimum Gasteiger partial charge on any atom is -0.385 e. The molecule has 70 valence electrons. The molecule has 4 N–H and O–H groups in total. The lowest BCUT2D eigenvalue weighted by Crippen LogP contribution is -2.14. The van der Waals surface area contributed by atoms with Crippen LogP contribution < -0.4 is 11.1 Å². The van der Waals surface area contributed by atoms with Gasteiger partial charge in [-0.1, -0.05) is 6.07 Å². The fourth-order valence-electron chi connectivity index (χ4n) is 1.23. The average molecular weight is 177 g/mol. The van der Waals surface area contributed by atoms with Gasteiger partial charge in [-0.2, -0.15) is 0 Å². The zero-order chi connectivity index (χ0) is 9.84. The molecule has 0 heterocycles. The Balaban J connectivity index is 3.10. The normalized spacial score (nSPS) is 9.69. The van der Waals surface area contributed by atoms with Crippen LogP contribution in [0.4, 0.5) is 5.69 Å². The summed E-state index contributed by atoms with van der Waals surface area (Å²) in [5.74, 6) is 0.107. The van der Waals surface area contributed by atoms with Gasteiger partial charge in [0.25, 0.3) is 0 Å². The number of anilines is 1. The summed E-state index contributed by atoms with van der Waals surface area (Å²) in [4.78, 5) is 0. The van der Waals surface area contributed by atoms with Crippen molar-refractivity contribution in [2.45, 2.75) is 13.8 Å². The lowest BCUT2D eigenvalue weighted by atomic mass is 10.1. The smallest absolute Gasteiger partial charge is 0.124 e. The third-order valence-corrected chi connectivity index (χ3v) is 1.83. The molecule has 0 atom stereocenters. The van der Waals surface area contributed by atoms with Gasteiger partial charge in [0.15, 0.2) is 0 Å². The number of rotatable bonds is 3. The lowest BCUT2D eigenvalue weighted by molar-refractivity contribution is 1.20. The van der Waals surface area contributed by atoms with E-state index in [1.807, 2.05) is 32.0 Å². The number of nitrogen functional groups attached to an aromatic ring is 1. The van der Waals surface area contributed by atoms with Crippen LogP contribution in [-0.4, -0.2) is 12.4 Å². The summed E-state index contributed by atoms with van der Waals surface area (Å²) in [5.41, 5.74) is 8.32. The number of benzene rings is 1. The predicted octanol–water partition coefficient (Wildman–Crippen LogP) is 1.71. The highest BCUT2D eigenvalue weighted by molar-refractivity contribution is 6.00.